The van der Waals surface area contributed by atoms with Crippen molar-refractivity contribution < 1.29 is 15.2 Å². The molecule has 0 aliphatic heterocycles. The minimum absolute atomic E-state index is 0.0413. The molecule has 18 heavy (non-hydrogen) atoms. The summed E-state index contributed by atoms with van der Waals surface area (Å²) in [6.07, 6.45) is 0. The maximum atomic E-state index is 9.50. The van der Waals surface area contributed by atoms with Crippen LogP contribution >= 0.6 is 0 Å². The predicted octanol–water partition coefficient (Wildman–Crippen LogP) is 1.49. The number of hydrogen-bond donors (Lipinski definition) is 3. The molecule has 0 atom stereocenters. The van der Waals surface area contributed by atoms with E-state index in [2.05, 4.69) is 10.2 Å². The average Bonchev–Trinajstić information content (AvgIpc) is 2.38. The molecule has 3 N–H and O–H groups in total. The van der Waals surface area contributed by atoms with Crippen LogP contribution in [0.1, 0.15) is 0 Å². The van der Waals surface area contributed by atoms with Crippen LogP contribution in [0.3, 0.4) is 0 Å². The van der Waals surface area contributed by atoms with Crippen LogP contribution < -0.4 is 5.46 Å². The average molecular weight is 242 g/mol. The fourth-order valence-corrected chi connectivity index (χ4v) is 1.41. The summed E-state index contributed by atoms with van der Waals surface area (Å²) in [5, 5.41) is 35.4. The molecule has 2 aromatic rings. The Morgan fingerprint density at radius 1 is 0.889 bits per heavy atom. The standard InChI is InChI=1S/C12H11BN2O3/c16-12-7-2-1-6-11(12)15-14-10-5-3-4-9(8-10)13(17)18/h1-8,16-18H. The molecule has 0 unspecified atom stereocenters. The van der Waals surface area contributed by atoms with Gasteiger partial charge in [0.1, 0.15) is 11.4 Å². The molecule has 2 aromatic carbocycles. The Morgan fingerprint density at radius 3 is 2.39 bits per heavy atom. The van der Waals surface area contributed by atoms with Gasteiger partial charge in [0, 0.05) is 0 Å². The van der Waals surface area contributed by atoms with Crippen LogP contribution in [0.5, 0.6) is 5.75 Å². The first-order valence-corrected chi connectivity index (χ1v) is 5.32. The summed E-state index contributed by atoms with van der Waals surface area (Å²) in [6.45, 7) is 0. The zero-order valence-corrected chi connectivity index (χ0v) is 9.43. The van der Waals surface area contributed by atoms with Gasteiger partial charge in [-0.1, -0.05) is 24.3 Å². The van der Waals surface area contributed by atoms with Gasteiger partial charge >= 0.3 is 7.12 Å². The molecular formula is C12H11BN2O3. The summed E-state index contributed by atoms with van der Waals surface area (Å²) in [7, 11) is -1.54. The predicted molar refractivity (Wildman–Crippen MR) is 68.6 cm³/mol. The molecule has 0 aliphatic carbocycles. The highest BCUT2D eigenvalue weighted by Gasteiger charge is 2.10. The van der Waals surface area contributed by atoms with Gasteiger partial charge in [-0.3, -0.25) is 0 Å². The fraction of sp³-hybridized carbons (Fsp3) is 0. The van der Waals surface area contributed by atoms with E-state index in [4.69, 9.17) is 10.0 Å². The van der Waals surface area contributed by atoms with E-state index in [1.807, 2.05) is 0 Å². The van der Waals surface area contributed by atoms with Crippen LogP contribution in [-0.2, 0) is 0 Å². The number of aromatic hydroxyl groups is 1. The largest absolute Gasteiger partial charge is 0.506 e. The second-order valence-corrected chi connectivity index (χ2v) is 3.66. The van der Waals surface area contributed by atoms with E-state index >= 15 is 0 Å². The van der Waals surface area contributed by atoms with E-state index in [0.717, 1.165) is 0 Å². The highest BCUT2D eigenvalue weighted by atomic mass is 16.4. The van der Waals surface area contributed by atoms with Gasteiger partial charge in [-0.15, -0.1) is 5.11 Å². The van der Waals surface area contributed by atoms with Crippen molar-refractivity contribution in [3.05, 3.63) is 48.5 Å². The van der Waals surface area contributed by atoms with E-state index in [-0.39, 0.29) is 5.75 Å². The van der Waals surface area contributed by atoms with Crippen molar-refractivity contribution in [1.29, 1.82) is 0 Å². The number of nitrogens with zero attached hydrogens (tertiary/aromatic N) is 2. The fourth-order valence-electron chi connectivity index (χ4n) is 1.41. The Kier molecular flexibility index (Phi) is 3.71. The molecule has 0 fully saturated rings. The van der Waals surface area contributed by atoms with E-state index in [1.165, 1.54) is 12.1 Å². The summed E-state index contributed by atoms with van der Waals surface area (Å²) in [4.78, 5) is 0. The van der Waals surface area contributed by atoms with Crippen LogP contribution in [0.4, 0.5) is 11.4 Å². The Bertz CT molecular complexity index is 573. The number of benzene rings is 2. The molecule has 0 amide bonds. The van der Waals surface area contributed by atoms with Crippen molar-refractivity contribution in [2.75, 3.05) is 0 Å². The lowest BCUT2D eigenvalue weighted by atomic mass is 9.80. The Labute approximate surface area is 104 Å². The highest BCUT2D eigenvalue weighted by molar-refractivity contribution is 6.58. The van der Waals surface area contributed by atoms with E-state index in [1.54, 1.807) is 36.4 Å². The number of azo groups is 1. The van der Waals surface area contributed by atoms with Gasteiger partial charge in [0.25, 0.3) is 0 Å². The summed E-state index contributed by atoms with van der Waals surface area (Å²) in [5.74, 6) is 0.0413. The topological polar surface area (TPSA) is 85.4 Å². The second-order valence-electron chi connectivity index (χ2n) is 3.66. The number of hydrogen-bond acceptors (Lipinski definition) is 5. The smallest absolute Gasteiger partial charge is 0.488 e. The Balaban J connectivity index is 2.24. The van der Waals surface area contributed by atoms with E-state index in [0.29, 0.717) is 16.8 Å². The van der Waals surface area contributed by atoms with Crippen molar-refractivity contribution in [3.63, 3.8) is 0 Å². The van der Waals surface area contributed by atoms with Crippen LogP contribution in [0.15, 0.2) is 58.8 Å². The third-order valence-corrected chi connectivity index (χ3v) is 2.32. The summed E-state index contributed by atoms with van der Waals surface area (Å²) in [5.41, 5.74) is 1.17. The molecule has 0 spiro atoms. The molecule has 90 valence electrons. The molecule has 0 aliphatic rings. The third kappa shape index (κ3) is 2.94. The Morgan fingerprint density at radius 2 is 1.67 bits per heavy atom. The van der Waals surface area contributed by atoms with Gasteiger partial charge in [-0.2, -0.15) is 5.11 Å². The van der Waals surface area contributed by atoms with Crippen molar-refractivity contribution in [3.8, 4) is 5.75 Å². The molecule has 0 aromatic heterocycles. The molecular weight excluding hydrogens is 231 g/mol. The quantitative estimate of drug-likeness (QED) is 0.562. The summed E-state index contributed by atoms with van der Waals surface area (Å²) in [6, 6.07) is 13.0. The lowest BCUT2D eigenvalue weighted by Gasteiger charge is -2.00. The highest BCUT2D eigenvalue weighted by Crippen LogP contribution is 2.26. The molecule has 5 nitrogen and oxygen atoms in total. The summed E-state index contributed by atoms with van der Waals surface area (Å²) < 4.78 is 0. The van der Waals surface area contributed by atoms with Gasteiger partial charge in [0.2, 0.25) is 0 Å². The first-order chi connectivity index (χ1) is 8.66. The number of rotatable bonds is 3. The van der Waals surface area contributed by atoms with Gasteiger partial charge in [-0.05, 0) is 29.7 Å². The molecule has 0 radical (unpaired) electrons. The van der Waals surface area contributed by atoms with Crippen LogP contribution in [0.25, 0.3) is 0 Å². The molecule has 0 heterocycles. The van der Waals surface area contributed by atoms with Gasteiger partial charge in [0.05, 0.1) is 5.69 Å². The number of phenolic OH excluding ortho intramolecular Hbond substituents is 1. The maximum absolute atomic E-state index is 9.50. The minimum Gasteiger partial charge on any atom is -0.506 e. The maximum Gasteiger partial charge on any atom is 0.488 e. The van der Waals surface area contributed by atoms with Crippen LogP contribution in [0, 0.1) is 0 Å². The second kappa shape index (κ2) is 5.44. The SMILES string of the molecule is OB(O)c1cccc(N=Nc2ccccc2O)c1. The van der Waals surface area contributed by atoms with Crippen molar-refractivity contribution >= 4 is 24.0 Å². The van der Waals surface area contributed by atoms with Gasteiger partial charge < -0.3 is 15.2 Å². The minimum atomic E-state index is -1.54. The van der Waals surface area contributed by atoms with Crippen molar-refractivity contribution in [1.82, 2.24) is 0 Å². The normalized spacial score (nSPS) is 10.8. The molecule has 0 bridgehead atoms. The zero-order valence-electron chi connectivity index (χ0n) is 9.43. The number of phenols is 1. The Hall–Kier alpha value is -2.18. The van der Waals surface area contributed by atoms with E-state index in [9.17, 15) is 5.11 Å². The molecule has 6 heteroatoms. The monoisotopic (exact) mass is 242 g/mol. The van der Waals surface area contributed by atoms with E-state index < -0.39 is 7.12 Å². The third-order valence-electron chi connectivity index (χ3n) is 2.32. The molecule has 0 saturated heterocycles. The molecule has 2 rings (SSSR count). The first kappa shape index (κ1) is 12.3. The zero-order chi connectivity index (χ0) is 13.0. The molecule has 0 saturated carbocycles. The summed E-state index contributed by atoms with van der Waals surface area (Å²) >= 11 is 0. The van der Waals surface area contributed by atoms with Crippen LogP contribution in [0.2, 0.25) is 0 Å². The van der Waals surface area contributed by atoms with Gasteiger partial charge in [-0.25, -0.2) is 0 Å². The number of para-hydroxylation sites is 1. The van der Waals surface area contributed by atoms with Crippen molar-refractivity contribution in [2.45, 2.75) is 0 Å². The first-order valence-electron chi connectivity index (χ1n) is 5.32. The van der Waals surface area contributed by atoms with Crippen LogP contribution in [-0.4, -0.2) is 22.3 Å². The lowest BCUT2D eigenvalue weighted by Crippen LogP contribution is -2.29. The van der Waals surface area contributed by atoms with Crippen molar-refractivity contribution in [2.24, 2.45) is 10.2 Å². The lowest BCUT2D eigenvalue weighted by molar-refractivity contribution is 0.426. The van der Waals surface area contributed by atoms with Gasteiger partial charge in [0.15, 0.2) is 0 Å².